The molecular weight excluding hydrogens is 340 g/mol. The molecule has 2 aromatic rings. The van der Waals surface area contributed by atoms with E-state index in [1.54, 1.807) is 30.5 Å². The first-order chi connectivity index (χ1) is 8.58. The third kappa shape index (κ3) is 3.07. The molecule has 0 radical (unpaired) electrons. The fourth-order valence-electron chi connectivity index (χ4n) is 1.41. The van der Waals surface area contributed by atoms with Gasteiger partial charge in [0, 0.05) is 28.4 Å². The van der Waals surface area contributed by atoms with Crippen molar-refractivity contribution in [3.8, 4) is 5.88 Å². The van der Waals surface area contributed by atoms with Crippen molar-refractivity contribution in [2.45, 2.75) is 6.61 Å². The summed E-state index contributed by atoms with van der Waals surface area (Å²) in [4.78, 5) is 11.4. The van der Waals surface area contributed by atoms with Crippen molar-refractivity contribution in [3.63, 3.8) is 0 Å². The summed E-state index contributed by atoms with van der Waals surface area (Å²) in [7, 11) is 0. The van der Waals surface area contributed by atoms with E-state index in [1.165, 1.54) is 4.09 Å². The topological polar surface area (TPSA) is 44.1 Å². The van der Waals surface area contributed by atoms with E-state index in [2.05, 4.69) is 33.8 Å². The standard InChI is InChI=1S/C11H8BrClN2O2S/c12-11(16)7-2-1-3-9(13)8(7)6-17-10-4-5-15(18)14-10/h1-5,18H,6H2. The highest BCUT2D eigenvalue weighted by Crippen LogP contribution is 2.23. The number of carbonyl (C=O) groups excluding carboxylic acids is 1. The molecule has 18 heavy (non-hydrogen) atoms. The van der Waals surface area contributed by atoms with Crippen LogP contribution >= 0.6 is 40.3 Å². The molecule has 1 aromatic heterocycles. The summed E-state index contributed by atoms with van der Waals surface area (Å²) < 4.78 is 6.55. The van der Waals surface area contributed by atoms with Gasteiger partial charge in [0.1, 0.15) is 6.61 Å². The van der Waals surface area contributed by atoms with Crippen LogP contribution in [0.4, 0.5) is 0 Å². The smallest absolute Gasteiger partial charge is 0.234 e. The highest BCUT2D eigenvalue weighted by molar-refractivity contribution is 9.18. The Balaban J connectivity index is 2.20. The van der Waals surface area contributed by atoms with Crippen LogP contribution in [0.15, 0.2) is 30.5 Å². The summed E-state index contributed by atoms with van der Waals surface area (Å²) in [5.41, 5.74) is 1.10. The lowest BCUT2D eigenvalue weighted by Gasteiger charge is -2.08. The van der Waals surface area contributed by atoms with Crippen LogP contribution in [0.1, 0.15) is 15.9 Å². The summed E-state index contributed by atoms with van der Waals surface area (Å²) >= 11 is 13.0. The number of benzene rings is 1. The number of ether oxygens (including phenoxy) is 1. The number of nitrogens with zero attached hydrogens (tertiary/aromatic N) is 2. The van der Waals surface area contributed by atoms with E-state index >= 15 is 0 Å². The van der Waals surface area contributed by atoms with Gasteiger partial charge in [-0.05, 0) is 40.9 Å². The van der Waals surface area contributed by atoms with Crippen LogP contribution in [0.25, 0.3) is 0 Å². The molecule has 1 heterocycles. The van der Waals surface area contributed by atoms with Gasteiger partial charge in [0.2, 0.25) is 10.6 Å². The number of carbonyl (C=O) groups is 1. The Morgan fingerprint density at radius 1 is 1.50 bits per heavy atom. The van der Waals surface area contributed by atoms with Crippen LogP contribution in [0.2, 0.25) is 5.02 Å². The molecule has 94 valence electrons. The Hall–Kier alpha value is -0.980. The van der Waals surface area contributed by atoms with Crippen molar-refractivity contribution in [3.05, 3.63) is 46.6 Å². The van der Waals surface area contributed by atoms with Crippen molar-refractivity contribution in [1.29, 1.82) is 0 Å². The molecule has 1 aromatic carbocycles. The van der Waals surface area contributed by atoms with E-state index in [1.807, 2.05) is 0 Å². The van der Waals surface area contributed by atoms with E-state index in [0.717, 1.165) is 0 Å². The quantitative estimate of drug-likeness (QED) is 0.681. The van der Waals surface area contributed by atoms with Gasteiger partial charge >= 0.3 is 0 Å². The molecule has 0 atom stereocenters. The van der Waals surface area contributed by atoms with Crippen LogP contribution in [-0.4, -0.2) is 13.9 Å². The predicted molar refractivity (Wildman–Crippen MR) is 75.7 cm³/mol. The molecule has 2 rings (SSSR count). The minimum atomic E-state index is -0.233. The molecule has 0 aliphatic heterocycles. The lowest BCUT2D eigenvalue weighted by atomic mass is 10.1. The third-order valence-corrected chi connectivity index (χ3v) is 3.25. The zero-order valence-electron chi connectivity index (χ0n) is 9.01. The second kappa shape index (κ2) is 5.77. The monoisotopic (exact) mass is 346 g/mol. The summed E-state index contributed by atoms with van der Waals surface area (Å²) in [5.74, 6) is 0.415. The normalized spacial score (nSPS) is 10.4. The molecule has 0 amide bonds. The van der Waals surface area contributed by atoms with E-state index in [4.69, 9.17) is 16.3 Å². The number of halogens is 2. The van der Waals surface area contributed by atoms with Crippen molar-refractivity contribution in [2.24, 2.45) is 0 Å². The zero-order chi connectivity index (χ0) is 13.1. The minimum Gasteiger partial charge on any atom is -0.472 e. The van der Waals surface area contributed by atoms with E-state index in [0.29, 0.717) is 22.0 Å². The molecular formula is C11H8BrClN2O2S. The molecule has 0 bridgehead atoms. The van der Waals surface area contributed by atoms with Crippen LogP contribution in [0.3, 0.4) is 0 Å². The first-order valence-corrected chi connectivity index (χ1v) is 6.50. The predicted octanol–water partition coefficient (Wildman–Crippen LogP) is 3.34. The second-order valence-electron chi connectivity index (χ2n) is 3.40. The number of aromatic nitrogens is 2. The van der Waals surface area contributed by atoms with E-state index in [-0.39, 0.29) is 11.3 Å². The molecule has 7 heteroatoms. The van der Waals surface area contributed by atoms with Crippen LogP contribution in [-0.2, 0) is 6.61 Å². The summed E-state index contributed by atoms with van der Waals surface area (Å²) in [6, 6.07) is 6.76. The Kier molecular flexibility index (Phi) is 4.31. The summed E-state index contributed by atoms with van der Waals surface area (Å²) in [6.07, 6.45) is 1.64. The van der Waals surface area contributed by atoms with Gasteiger partial charge in [0.15, 0.2) is 0 Å². The maximum atomic E-state index is 11.4. The first-order valence-electron chi connectivity index (χ1n) is 4.93. The van der Waals surface area contributed by atoms with Gasteiger partial charge in [-0.25, -0.2) is 4.09 Å². The van der Waals surface area contributed by atoms with Crippen molar-refractivity contribution >= 4 is 45.0 Å². The van der Waals surface area contributed by atoms with Gasteiger partial charge < -0.3 is 4.74 Å². The maximum absolute atomic E-state index is 11.4. The fourth-order valence-corrected chi connectivity index (χ4v) is 2.17. The maximum Gasteiger partial charge on any atom is 0.234 e. The third-order valence-electron chi connectivity index (χ3n) is 2.25. The van der Waals surface area contributed by atoms with Gasteiger partial charge in [0.05, 0.1) is 0 Å². The molecule has 0 aliphatic rings. The van der Waals surface area contributed by atoms with Crippen molar-refractivity contribution < 1.29 is 9.53 Å². The Bertz CT molecular complexity index is 588. The lowest BCUT2D eigenvalue weighted by Crippen LogP contribution is -2.03. The minimum absolute atomic E-state index is 0.164. The first kappa shape index (κ1) is 13.5. The van der Waals surface area contributed by atoms with Crippen molar-refractivity contribution in [1.82, 2.24) is 9.19 Å². The van der Waals surface area contributed by atoms with E-state index in [9.17, 15) is 4.79 Å². The van der Waals surface area contributed by atoms with Crippen LogP contribution < -0.4 is 4.74 Å². The second-order valence-corrected chi connectivity index (χ2v) is 4.94. The average molecular weight is 348 g/mol. The highest BCUT2D eigenvalue weighted by atomic mass is 79.9. The summed E-state index contributed by atoms with van der Waals surface area (Å²) in [6.45, 7) is 0.164. The number of rotatable bonds is 4. The molecule has 0 unspecified atom stereocenters. The fraction of sp³-hybridized carbons (Fsp3) is 0.0909. The SMILES string of the molecule is O=C(Br)c1cccc(Cl)c1COc1ccn(S)n1. The van der Waals surface area contributed by atoms with Gasteiger partial charge in [-0.15, -0.1) is 5.10 Å². The number of hydrogen-bond donors (Lipinski definition) is 1. The lowest BCUT2D eigenvalue weighted by molar-refractivity contribution is 0.109. The number of hydrogen-bond acceptors (Lipinski definition) is 4. The van der Waals surface area contributed by atoms with Crippen molar-refractivity contribution in [2.75, 3.05) is 0 Å². The summed E-state index contributed by atoms with van der Waals surface area (Å²) in [5, 5.41) is 4.43. The molecule has 0 fully saturated rings. The van der Waals surface area contributed by atoms with Crippen LogP contribution in [0, 0.1) is 0 Å². The highest BCUT2D eigenvalue weighted by Gasteiger charge is 2.13. The van der Waals surface area contributed by atoms with E-state index < -0.39 is 0 Å². The Morgan fingerprint density at radius 3 is 2.89 bits per heavy atom. The molecule has 0 spiro atoms. The zero-order valence-corrected chi connectivity index (χ0v) is 12.2. The van der Waals surface area contributed by atoms with Gasteiger partial charge in [0.25, 0.3) is 0 Å². The molecule has 0 saturated heterocycles. The Morgan fingerprint density at radius 2 is 2.28 bits per heavy atom. The molecule has 0 N–H and O–H groups in total. The van der Waals surface area contributed by atoms with Crippen LogP contribution in [0.5, 0.6) is 5.88 Å². The largest absolute Gasteiger partial charge is 0.472 e. The average Bonchev–Trinajstić information content (AvgIpc) is 2.73. The Labute approximate surface area is 123 Å². The van der Waals surface area contributed by atoms with Gasteiger partial charge in [-0.3, -0.25) is 4.79 Å². The number of thiol groups is 1. The van der Waals surface area contributed by atoms with Gasteiger partial charge in [-0.1, -0.05) is 17.7 Å². The molecule has 0 aliphatic carbocycles. The van der Waals surface area contributed by atoms with Gasteiger partial charge in [-0.2, -0.15) is 0 Å². The molecule has 0 saturated carbocycles. The molecule has 4 nitrogen and oxygen atoms in total.